The van der Waals surface area contributed by atoms with Crippen LogP contribution < -0.4 is 5.43 Å². The van der Waals surface area contributed by atoms with Crippen LogP contribution in [-0.4, -0.2) is 5.11 Å². The van der Waals surface area contributed by atoms with Gasteiger partial charge in [0, 0.05) is 6.07 Å². The molecule has 0 atom stereocenters. The molecule has 0 amide bonds. The fourth-order valence-electron chi connectivity index (χ4n) is 3.10. The van der Waals surface area contributed by atoms with Crippen LogP contribution in [0.1, 0.15) is 5.76 Å². The maximum atomic E-state index is 13.6. The Morgan fingerprint density at radius 2 is 1.39 bits per heavy atom. The second kappa shape index (κ2) is 6.56. The molecule has 0 fully saturated rings. The van der Waals surface area contributed by atoms with E-state index in [0.29, 0.717) is 0 Å². The molecule has 6 heteroatoms. The van der Waals surface area contributed by atoms with E-state index in [-0.39, 0.29) is 22.3 Å². The Bertz CT molecular complexity index is 1210. The second-order valence-corrected chi connectivity index (χ2v) is 6.26. The van der Waals surface area contributed by atoms with E-state index in [1.54, 1.807) is 12.1 Å². The zero-order valence-corrected chi connectivity index (χ0v) is 14.3. The van der Waals surface area contributed by atoms with E-state index in [1.165, 1.54) is 24.3 Å². The van der Waals surface area contributed by atoms with Crippen LogP contribution in [-0.2, 0) is 6.18 Å². The fourth-order valence-corrected chi connectivity index (χ4v) is 3.10. The molecule has 3 aromatic carbocycles. The van der Waals surface area contributed by atoms with Crippen molar-refractivity contribution < 1.29 is 22.7 Å². The number of aromatic hydroxyl groups is 1. The molecule has 0 aliphatic rings. The standard InChI is InChI=1S/C22H13F3O3/c23-22(24,25)21-19(20(27)17-11-10-16(26)12-18(17)28-21)15-8-6-14(7-9-15)13-4-2-1-3-5-13/h1-12,26H. The topological polar surface area (TPSA) is 50.4 Å². The number of phenols is 1. The van der Waals surface area contributed by atoms with Crippen molar-refractivity contribution in [3.8, 4) is 28.0 Å². The highest BCUT2D eigenvalue weighted by molar-refractivity contribution is 5.84. The summed E-state index contributed by atoms with van der Waals surface area (Å²) in [6.07, 6.45) is -4.87. The number of alkyl halides is 3. The SMILES string of the molecule is O=c1c(-c2ccc(-c3ccccc3)cc2)c(C(F)(F)F)oc2cc(O)ccc12. The van der Waals surface area contributed by atoms with Gasteiger partial charge in [-0.25, -0.2) is 0 Å². The Hall–Kier alpha value is -3.54. The van der Waals surface area contributed by atoms with Crippen LogP contribution in [0.25, 0.3) is 33.2 Å². The van der Waals surface area contributed by atoms with Gasteiger partial charge < -0.3 is 9.52 Å². The van der Waals surface area contributed by atoms with Crippen molar-refractivity contribution in [2.75, 3.05) is 0 Å². The number of benzene rings is 3. The van der Waals surface area contributed by atoms with Crippen molar-refractivity contribution in [2.24, 2.45) is 0 Å². The van der Waals surface area contributed by atoms with Crippen molar-refractivity contribution in [2.45, 2.75) is 6.18 Å². The first-order valence-corrected chi connectivity index (χ1v) is 8.37. The molecule has 0 spiro atoms. The zero-order chi connectivity index (χ0) is 19.9. The van der Waals surface area contributed by atoms with Crippen LogP contribution in [0.3, 0.4) is 0 Å². The quantitative estimate of drug-likeness (QED) is 0.473. The summed E-state index contributed by atoms with van der Waals surface area (Å²) in [5.41, 5.74) is 0.156. The normalized spacial score (nSPS) is 11.7. The van der Waals surface area contributed by atoms with Crippen molar-refractivity contribution in [1.29, 1.82) is 0 Å². The van der Waals surface area contributed by atoms with Crippen molar-refractivity contribution >= 4 is 11.0 Å². The van der Waals surface area contributed by atoms with E-state index in [2.05, 4.69) is 0 Å². The summed E-state index contributed by atoms with van der Waals surface area (Å²) in [4.78, 5) is 12.8. The number of halogens is 3. The van der Waals surface area contributed by atoms with Gasteiger partial charge in [-0.3, -0.25) is 4.79 Å². The van der Waals surface area contributed by atoms with Gasteiger partial charge in [0.2, 0.25) is 11.2 Å². The summed E-state index contributed by atoms with van der Waals surface area (Å²) in [6, 6.07) is 19.1. The highest BCUT2D eigenvalue weighted by Crippen LogP contribution is 2.38. The van der Waals surface area contributed by atoms with E-state index in [1.807, 2.05) is 30.3 Å². The monoisotopic (exact) mass is 382 g/mol. The molecule has 0 saturated carbocycles. The van der Waals surface area contributed by atoms with Gasteiger partial charge in [-0.1, -0.05) is 54.6 Å². The number of hydrogen-bond donors (Lipinski definition) is 1. The predicted molar refractivity (Wildman–Crippen MR) is 100 cm³/mol. The fraction of sp³-hybridized carbons (Fsp3) is 0.0455. The van der Waals surface area contributed by atoms with Crippen LogP contribution in [0.5, 0.6) is 5.75 Å². The lowest BCUT2D eigenvalue weighted by atomic mass is 9.98. The smallest absolute Gasteiger partial charge is 0.450 e. The molecule has 4 aromatic rings. The lowest BCUT2D eigenvalue weighted by Crippen LogP contribution is -2.16. The molecule has 0 aliphatic carbocycles. The Labute approximate surface area is 157 Å². The zero-order valence-electron chi connectivity index (χ0n) is 14.3. The van der Waals surface area contributed by atoms with Crippen LogP contribution in [0.4, 0.5) is 13.2 Å². The number of rotatable bonds is 2. The Morgan fingerprint density at radius 1 is 0.786 bits per heavy atom. The lowest BCUT2D eigenvalue weighted by Gasteiger charge is -2.13. The average molecular weight is 382 g/mol. The number of hydrogen-bond acceptors (Lipinski definition) is 3. The minimum Gasteiger partial charge on any atom is -0.508 e. The molecule has 0 bridgehead atoms. The van der Waals surface area contributed by atoms with Gasteiger partial charge in [-0.05, 0) is 28.8 Å². The maximum absolute atomic E-state index is 13.6. The van der Waals surface area contributed by atoms with Crippen molar-refractivity contribution in [3.63, 3.8) is 0 Å². The molecule has 3 nitrogen and oxygen atoms in total. The molecule has 1 heterocycles. The molecule has 0 unspecified atom stereocenters. The first-order valence-electron chi connectivity index (χ1n) is 8.37. The first kappa shape index (κ1) is 17.9. The van der Waals surface area contributed by atoms with E-state index in [0.717, 1.165) is 17.2 Å². The van der Waals surface area contributed by atoms with E-state index >= 15 is 0 Å². The lowest BCUT2D eigenvalue weighted by molar-refractivity contribution is -0.152. The highest BCUT2D eigenvalue weighted by Gasteiger charge is 2.39. The first-order chi connectivity index (χ1) is 13.3. The predicted octanol–water partition coefficient (Wildman–Crippen LogP) is 5.85. The molecule has 0 aliphatic heterocycles. The van der Waals surface area contributed by atoms with Gasteiger partial charge in [0.15, 0.2) is 0 Å². The molecular formula is C22H13F3O3. The summed E-state index contributed by atoms with van der Waals surface area (Å²) in [5.74, 6) is -1.67. The number of phenolic OH excluding ortho intramolecular Hbond substituents is 1. The molecule has 1 aromatic heterocycles. The largest absolute Gasteiger partial charge is 0.508 e. The van der Waals surface area contributed by atoms with Gasteiger partial charge in [-0.15, -0.1) is 0 Å². The summed E-state index contributed by atoms with van der Waals surface area (Å²) in [5, 5.41) is 9.46. The minimum atomic E-state index is -4.87. The van der Waals surface area contributed by atoms with Crippen molar-refractivity contribution in [3.05, 3.63) is 88.8 Å². The van der Waals surface area contributed by atoms with Crippen LogP contribution in [0, 0.1) is 0 Å². The third-order valence-corrected chi connectivity index (χ3v) is 4.41. The minimum absolute atomic E-state index is 0.0343. The van der Waals surface area contributed by atoms with Crippen molar-refractivity contribution in [1.82, 2.24) is 0 Å². The molecule has 1 N–H and O–H groups in total. The molecule has 140 valence electrons. The summed E-state index contributed by atoms with van der Waals surface area (Å²) < 4.78 is 45.8. The average Bonchev–Trinajstić information content (AvgIpc) is 2.68. The van der Waals surface area contributed by atoms with Gasteiger partial charge >= 0.3 is 6.18 Å². The highest BCUT2D eigenvalue weighted by atomic mass is 19.4. The van der Waals surface area contributed by atoms with Crippen LogP contribution in [0.15, 0.2) is 82.0 Å². The molecule has 0 radical (unpaired) electrons. The summed E-state index contributed by atoms with van der Waals surface area (Å²) in [7, 11) is 0. The number of fused-ring (bicyclic) bond motifs is 1. The third kappa shape index (κ3) is 3.13. The van der Waals surface area contributed by atoms with Gasteiger partial charge in [-0.2, -0.15) is 13.2 Å². The Balaban J connectivity index is 1.94. The molecule has 28 heavy (non-hydrogen) atoms. The maximum Gasteiger partial charge on any atom is 0.450 e. The molecule has 0 saturated heterocycles. The van der Waals surface area contributed by atoms with Crippen LogP contribution >= 0.6 is 0 Å². The van der Waals surface area contributed by atoms with Gasteiger partial charge in [0.1, 0.15) is 11.3 Å². The second-order valence-electron chi connectivity index (χ2n) is 6.26. The van der Waals surface area contributed by atoms with Gasteiger partial charge in [0.25, 0.3) is 0 Å². The Kier molecular flexibility index (Phi) is 4.19. The molecular weight excluding hydrogens is 369 g/mol. The molecule has 4 rings (SSSR count). The third-order valence-electron chi connectivity index (χ3n) is 4.41. The summed E-state index contributed by atoms with van der Waals surface area (Å²) >= 11 is 0. The van der Waals surface area contributed by atoms with E-state index in [4.69, 9.17) is 4.42 Å². The van der Waals surface area contributed by atoms with E-state index in [9.17, 15) is 23.1 Å². The summed E-state index contributed by atoms with van der Waals surface area (Å²) in [6.45, 7) is 0. The Morgan fingerprint density at radius 3 is 2.04 bits per heavy atom. The van der Waals surface area contributed by atoms with E-state index < -0.39 is 22.9 Å². The van der Waals surface area contributed by atoms with Gasteiger partial charge in [0.05, 0.1) is 10.9 Å². The van der Waals surface area contributed by atoms with Crippen LogP contribution in [0.2, 0.25) is 0 Å².